The molecule has 0 aliphatic carbocycles. The summed E-state index contributed by atoms with van der Waals surface area (Å²) in [6, 6.07) is 7.46. The molecule has 0 unspecified atom stereocenters. The van der Waals surface area contributed by atoms with Crippen LogP contribution in [0, 0.1) is 0 Å². The summed E-state index contributed by atoms with van der Waals surface area (Å²) in [6.07, 6.45) is 0. The highest BCUT2D eigenvalue weighted by Gasteiger charge is 2.23. The Morgan fingerprint density at radius 2 is 1.63 bits per heavy atom. The number of fused-ring (bicyclic) bond motifs is 1. The van der Waals surface area contributed by atoms with E-state index in [1.54, 1.807) is 12.1 Å². The molecule has 0 aliphatic rings. The molecule has 7 nitrogen and oxygen atoms in total. The summed E-state index contributed by atoms with van der Waals surface area (Å²) >= 11 is 1.11. The van der Waals surface area contributed by atoms with Crippen LogP contribution < -0.4 is 10.9 Å². The van der Waals surface area contributed by atoms with Gasteiger partial charge in [-0.2, -0.15) is 4.52 Å². The quantitative estimate of drug-likeness (QED) is 0.730. The highest BCUT2D eigenvalue weighted by molar-refractivity contribution is 7.20. The van der Waals surface area contributed by atoms with Gasteiger partial charge in [0.2, 0.25) is 10.1 Å². The first-order valence-corrected chi connectivity index (χ1v) is 9.47. The van der Waals surface area contributed by atoms with Crippen molar-refractivity contribution in [2.24, 2.45) is 0 Å². The van der Waals surface area contributed by atoms with Crippen LogP contribution in [0.1, 0.15) is 63.2 Å². The second-order valence-electron chi connectivity index (χ2n) is 8.49. The second-order valence-corrected chi connectivity index (χ2v) is 9.44. The van der Waals surface area contributed by atoms with Crippen molar-refractivity contribution in [3.63, 3.8) is 0 Å². The number of benzene rings is 1. The van der Waals surface area contributed by atoms with Crippen LogP contribution in [-0.2, 0) is 10.8 Å². The fourth-order valence-electron chi connectivity index (χ4n) is 2.53. The Kier molecular flexibility index (Phi) is 4.63. The zero-order chi connectivity index (χ0) is 20.0. The van der Waals surface area contributed by atoms with Gasteiger partial charge in [-0.15, -0.1) is 15.3 Å². The van der Waals surface area contributed by atoms with Gasteiger partial charge in [0.25, 0.3) is 11.5 Å². The first-order chi connectivity index (χ1) is 12.5. The van der Waals surface area contributed by atoms with Crippen LogP contribution in [0.4, 0.5) is 5.13 Å². The Hall–Kier alpha value is -2.61. The van der Waals surface area contributed by atoms with Crippen LogP contribution in [0.3, 0.4) is 0 Å². The Bertz CT molecular complexity index is 1050. The summed E-state index contributed by atoms with van der Waals surface area (Å²) in [5, 5.41) is 15.3. The molecule has 1 amide bonds. The molecule has 3 rings (SSSR count). The number of carbonyl (C=O) groups excluding carboxylic acids is 1. The lowest BCUT2D eigenvalue weighted by Crippen LogP contribution is -2.30. The summed E-state index contributed by atoms with van der Waals surface area (Å²) in [7, 11) is 0. The van der Waals surface area contributed by atoms with Gasteiger partial charge in [-0.25, -0.2) is 0 Å². The highest BCUT2D eigenvalue weighted by atomic mass is 32.1. The topological polar surface area (TPSA) is 89.3 Å². The normalized spacial score (nSPS) is 12.4. The van der Waals surface area contributed by atoms with Crippen LogP contribution in [0.15, 0.2) is 29.1 Å². The van der Waals surface area contributed by atoms with E-state index in [-0.39, 0.29) is 16.9 Å². The van der Waals surface area contributed by atoms with E-state index in [2.05, 4.69) is 41.4 Å². The summed E-state index contributed by atoms with van der Waals surface area (Å²) in [5.41, 5.74) is 1.27. The minimum absolute atomic E-state index is 0.0205. The maximum Gasteiger partial charge on any atom is 0.297 e. The van der Waals surface area contributed by atoms with Crippen molar-refractivity contribution in [3.8, 4) is 0 Å². The van der Waals surface area contributed by atoms with Crippen molar-refractivity contribution in [2.45, 2.75) is 52.4 Å². The highest BCUT2D eigenvalue weighted by Crippen LogP contribution is 2.23. The molecule has 0 aliphatic heterocycles. The summed E-state index contributed by atoms with van der Waals surface area (Å²) in [5.74, 6) is -0.286. The number of hydrogen-bond acceptors (Lipinski definition) is 6. The van der Waals surface area contributed by atoms with Gasteiger partial charge in [0.15, 0.2) is 0 Å². The number of aromatic nitrogens is 4. The van der Waals surface area contributed by atoms with E-state index < -0.39 is 5.41 Å². The van der Waals surface area contributed by atoms with Crippen molar-refractivity contribution >= 4 is 27.3 Å². The Morgan fingerprint density at radius 1 is 1.00 bits per heavy atom. The van der Waals surface area contributed by atoms with Gasteiger partial charge in [-0.05, 0) is 23.1 Å². The van der Waals surface area contributed by atoms with E-state index >= 15 is 0 Å². The molecule has 1 aromatic carbocycles. The van der Waals surface area contributed by atoms with E-state index in [4.69, 9.17) is 0 Å². The molecule has 8 heteroatoms. The lowest BCUT2D eigenvalue weighted by Gasteiger charge is -2.18. The average molecular weight is 385 g/mol. The number of rotatable bonds is 2. The van der Waals surface area contributed by atoms with Gasteiger partial charge < -0.3 is 0 Å². The molecule has 0 fully saturated rings. The minimum Gasteiger partial charge on any atom is -0.296 e. The number of anilines is 1. The molecular weight excluding hydrogens is 362 g/mol. The molecule has 0 bridgehead atoms. The summed E-state index contributed by atoms with van der Waals surface area (Å²) < 4.78 is 1.19. The number of hydrogen-bond donors (Lipinski definition) is 1. The van der Waals surface area contributed by atoms with Crippen molar-refractivity contribution < 1.29 is 4.79 Å². The van der Waals surface area contributed by atoms with Crippen molar-refractivity contribution in [1.29, 1.82) is 0 Å². The largest absolute Gasteiger partial charge is 0.297 e. The van der Waals surface area contributed by atoms with Gasteiger partial charge in [-0.3, -0.25) is 14.9 Å². The third-order valence-corrected chi connectivity index (χ3v) is 4.95. The Labute approximate surface area is 161 Å². The van der Waals surface area contributed by atoms with Gasteiger partial charge in [0, 0.05) is 11.0 Å². The van der Waals surface area contributed by atoms with Crippen LogP contribution in [-0.4, -0.2) is 25.7 Å². The smallest absolute Gasteiger partial charge is 0.296 e. The first-order valence-electron chi connectivity index (χ1n) is 8.66. The molecule has 0 saturated carbocycles. The third kappa shape index (κ3) is 3.90. The average Bonchev–Trinajstić information content (AvgIpc) is 2.96. The minimum atomic E-state index is -0.437. The number of amides is 1. The molecule has 0 atom stereocenters. The molecule has 0 spiro atoms. The van der Waals surface area contributed by atoms with E-state index in [0.717, 1.165) is 16.9 Å². The van der Waals surface area contributed by atoms with Gasteiger partial charge >= 0.3 is 0 Å². The Balaban J connectivity index is 1.87. The predicted molar refractivity (Wildman–Crippen MR) is 107 cm³/mol. The first kappa shape index (κ1) is 19.2. The van der Waals surface area contributed by atoms with E-state index in [1.165, 1.54) is 4.52 Å². The molecule has 0 radical (unpaired) electrons. The van der Waals surface area contributed by atoms with E-state index in [1.807, 2.05) is 32.9 Å². The van der Waals surface area contributed by atoms with Gasteiger partial charge in [0.05, 0.1) is 0 Å². The van der Waals surface area contributed by atoms with E-state index in [9.17, 15) is 9.59 Å². The standard InChI is InChI=1S/C19H23N5O2S/c1-18(2,3)12-9-7-11(8-10-12)14(25)20-16-23-24-15(26)13(19(4,5)6)21-22-17(24)27-16/h7-10H,1-6H3,(H,20,23,25). The number of nitrogens with zero attached hydrogens (tertiary/aromatic N) is 4. The van der Waals surface area contributed by atoms with Crippen molar-refractivity contribution in [1.82, 2.24) is 19.8 Å². The molecule has 3 aromatic rings. The molecule has 0 saturated heterocycles. The summed E-state index contributed by atoms with van der Waals surface area (Å²) in [4.78, 5) is 25.4. The van der Waals surface area contributed by atoms with Crippen molar-refractivity contribution in [3.05, 3.63) is 51.4 Å². The molecule has 2 aromatic heterocycles. The van der Waals surface area contributed by atoms with E-state index in [0.29, 0.717) is 21.3 Å². The second kappa shape index (κ2) is 6.53. The maximum atomic E-state index is 12.6. The zero-order valence-electron chi connectivity index (χ0n) is 16.3. The van der Waals surface area contributed by atoms with Crippen LogP contribution >= 0.6 is 11.3 Å². The molecule has 142 valence electrons. The molecule has 1 N–H and O–H groups in total. The monoisotopic (exact) mass is 385 g/mol. The fourth-order valence-corrected chi connectivity index (χ4v) is 3.26. The third-order valence-electron chi connectivity index (χ3n) is 4.13. The lowest BCUT2D eigenvalue weighted by atomic mass is 9.87. The Morgan fingerprint density at radius 3 is 2.19 bits per heavy atom. The van der Waals surface area contributed by atoms with Gasteiger partial charge in [-0.1, -0.05) is 65.0 Å². The molecule has 2 heterocycles. The van der Waals surface area contributed by atoms with Gasteiger partial charge in [0.1, 0.15) is 5.69 Å². The number of carbonyl (C=O) groups is 1. The molecule has 27 heavy (non-hydrogen) atoms. The SMILES string of the molecule is CC(C)(C)c1ccc(C(=O)Nc2nn3c(=O)c(C(C)(C)C)nnc3s2)cc1. The fraction of sp³-hybridized carbons (Fsp3) is 0.421. The zero-order valence-corrected chi connectivity index (χ0v) is 17.1. The maximum absolute atomic E-state index is 12.6. The lowest BCUT2D eigenvalue weighted by molar-refractivity contribution is 0.102. The van der Waals surface area contributed by atoms with Crippen LogP contribution in [0.2, 0.25) is 0 Å². The van der Waals surface area contributed by atoms with Crippen LogP contribution in [0.25, 0.3) is 4.96 Å². The predicted octanol–water partition coefficient (Wildman–Crippen LogP) is 3.39. The summed E-state index contributed by atoms with van der Waals surface area (Å²) in [6.45, 7) is 12.0. The van der Waals surface area contributed by atoms with Crippen molar-refractivity contribution in [2.75, 3.05) is 5.32 Å². The number of nitrogens with one attached hydrogen (secondary N) is 1. The molecular formula is C19H23N5O2S. The van der Waals surface area contributed by atoms with Crippen LogP contribution in [0.5, 0.6) is 0 Å².